The van der Waals surface area contributed by atoms with E-state index in [1.54, 1.807) is 0 Å². The molecule has 0 spiro atoms. The van der Waals surface area contributed by atoms with Crippen LogP contribution in [0.4, 0.5) is 39.5 Å². The van der Waals surface area contributed by atoms with Crippen LogP contribution in [0.3, 0.4) is 0 Å². The fraction of sp³-hybridized carbons (Fsp3) is 0.231. The smallest absolute Gasteiger partial charge is 0.269 e. The van der Waals surface area contributed by atoms with Crippen molar-refractivity contribution in [3.8, 4) is 5.69 Å². The number of rotatable bonds is 2. The lowest BCUT2D eigenvalue weighted by Crippen LogP contribution is -2.36. The van der Waals surface area contributed by atoms with Gasteiger partial charge in [-0.3, -0.25) is 9.36 Å². The summed E-state index contributed by atoms with van der Waals surface area (Å²) >= 11 is 5.49. The Kier molecular flexibility index (Phi) is 4.77. The molecule has 26 heavy (non-hydrogen) atoms. The Morgan fingerprint density at radius 1 is 0.962 bits per heavy atom. The number of hydrogen-bond acceptors (Lipinski definition) is 2. The standard InChI is InChI=1S/C13H4ClF9N2O/c14-6-1-5(12(18,19)20)2-7(15)10(6)25-4-24-8(3-9(25)26)11(16,17)13(21,22)23/h1-4H. The van der Waals surface area contributed by atoms with Crippen LogP contribution >= 0.6 is 11.6 Å². The molecule has 3 nitrogen and oxygen atoms in total. The zero-order valence-corrected chi connectivity index (χ0v) is 12.6. The fourth-order valence-corrected chi connectivity index (χ4v) is 2.14. The van der Waals surface area contributed by atoms with E-state index in [9.17, 15) is 44.3 Å². The van der Waals surface area contributed by atoms with Gasteiger partial charge in [-0.05, 0) is 12.1 Å². The molecule has 0 atom stereocenters. The Morgan fingerprint density at radius 3 is 1.96 bits per heavy atom. The van der Waals surface area contributed by atoms with Crippen LogP contribution in [0.5, 0.6) is 0 Å². The van der Waals surface area contributed by atoms with Gasteiger partial charge in [-0.25, -0.2) is 9.37 Å². The van der Waals surface area contributed by atoms with Crippen LogP contribution in [0.2, 0.25) is 5.02 Å². The molecule has 0 N–H and O–H groups in total. The van der Waals surface area contributed by atoms with Gasteiger partial charge in [0.1, 0.15) is 23.5 Å². The molecule has 0 saturated heterocycles. The fourth-order valence-electron chi connectivity index (χ4n) is 1.84. The number of hydrogen-bond donors (Lipinski definition) is 0. The van der Waals surface area contributed by atoms with Crippen molar-refractivity contribution in [2.45, 2.75) is 18.3 Å². The van der Waals surface area contributed by atoms with Gasteiger partial charge in [0.2, 0.25) is 0 Å². The van der Waals surface area contributed by atoms with Gasteiger partial charge in [0.15, 0.2) is 0 Å². The average molecular weight is 411 g/mol. The van der Waals surface area contributed by atoms with Gasteiger partial charge in [0, 0.05) is 6.07 Å². The van der Waals surface area contributed by atoms with Crippen LogP contribution in [0, 0.1) is 5.82 Å². The second kappa shape index (κ2) is 6.18. The number of benzene rings is 1. The van der Waals surface area contributed by atoms with Crippen molar-refractivity contribution in [2.75, 3.05) is 0 Å². The predicted molar refractivity (Wildman–Crippen MR) is 69.8 cm³/mol. The molecule has 0 aliphatic heterocycles. The maximum absolute atomic E-state index is 13.9. The van der Waals surface area contributed by atoms with Crippen LogP contribution < -0.4 is 5.56 Å². The summed E-state index contributed by atoms with van der Waals surface area (Å²) in [6.07, 6.45) is -10.9. The summed E-state index contributed by atoms with van der Waals surface area (Å²) in [6, 6.07) is 0.0114. The Hall–Kier alpha value is -2.24. The number of aromatic nitrogens is 2. The zero-order valence-electron chi connectivity index (χ0n) is 11.9. The average Bonchev–Trinajstić information content (AvgIpc) is 2.45. The van der Waals surface area contributed by atoms with Crippen molar-refractivity contribution in [3.05, 3.63) is 57.0 Å². The van der Waals surface area contributed by atoms with E-state index < -0.39 is 51.6 Å². The molecule has 2 rings (SSSR count). The first-order valence-electron chi connectivity index (χ1n) is 6.26. The molecule has 0 amide bonds. The summed E-state index contributed by atoms with van der Waals surface area (Å²) in [5.74, 6) is -7.13. The Bertz CT molecular complexity index is 879. The summed E-state index contributed by atoms with van der Waals surface area (Å²) in [4.78, 5) is 14.5. The third-order valence-corrected chi connectivity index (χ3v) is 3.36. The van der Waals surface area contributed by atoms with Crippen molar-refractivity contribution in [2.24, 2.45) is 0 Å². The minimum atomic E-state index is -6.05. The van der Waals surface area contributed by atoms with Gasteiger partial charge in [0.05, 0.1) is 10.6 Å². The summed E-state index contributed by atoms with van der Waals surface area (Å²) < 4.78 is 115. The first-order chi connectivity index (χ1) is 11.7. The summed E-state index contributed by atoms with van der Waals surface area (Å²) in [7, 11) is 0. The minimum Gasteiger partial charge on any atom is -0.269 e. The van der Waals surface area contributed by atoms with E-state index >= 15 is 0 Å². The lowest BCUT2D eigenvalue weighted by molar-refractivity contribution is -0.291. The molecule has 0 bridgehead atoms. The highest BCUT2D eigenvalue weighted by Gasteiger charge is 2.60. The molecule has 0 fully saturated rings. The lowest BCUT2D eigenvalue weighted by atomic mass is 10.1. The van der Waals surface area contributed by atoms with Crippen molar-refractivity contribution in [1.29, 1.82) is 0 Å². The van der Waals surface area contributed by atoms with Crippen LogP contribution in [-0.4, -0.2) is 15.7 Å². The van der Waals surface area contributed by atoms with Gasteiger partial charge in [-0.15, -0.1) is 0 Å². The second-order valence-electron chi connectivity index (χ2n) is 4.84. The largest absolute Gasteiger partial charge is 0.459 e. The topological polar surface area (TPSA) is 34.9 Å². The molecular formula is C13H4ClF9N2O. The second-order valence-corrected chi connectivity index (χ2v) is 5.25. The molecule has 2 aromatic rings. The SMILES string of the molecule is O=c1cc(C(F)(F)C(F)(F)F)ncn1-c1c(F)cc(C(F)(F)F)cc1Cl. The van der Waals surface area contributed by atoms with E-state index in [0.717, 1.165) is 0 Å². The van der Waals surface area contributed by atoms with Crippen LogP contribution in [0.25, 0.3) is 5.69 Å². The van der Waals surface area contributed by atoms with E-state index in [1.807, 2.05) is 0 Å². The summed E-state index contributed by atoms with van der Waals surface area (Å²) in [6.45, 7) is 0. The summed E-state index contributed by atoms with van der Waals surface area (Å²) in [5, 5.41) is -0.934. The normalized spacial score (nSPS) is 13.2. The molecule has 0 aliphatic carbocycles. The molecule has 0 radical (unpaired) electrons. The van der Waals surface area contributed by atoms with Crippen LogP contribution in [-0.2, 0) is 12.1 Å². The van der Waals surface area contributed by atoms with Crippen molar-refractivity contribution in [3.63, 3.8) is 0 Å². The van der Waals surface area contributed by atoms with Gasteiger partial charge >= 0.3 is 18.3 Å². The van der Waals surface area contributed by atoms with Crippen molar-refractivity contribution in [1.82, 2.24) is 9.55 Å². The maximum Gasteiger partial charge on any atom is 0.459 e. The van der Waals surface area contributed by atoms with Gasteiger partial charge in [-0.2, -0.15) is 35.1 Å². The number of alkyl halides is 8. The predicted octanol–water partition coefficient (Wildman–Crippen LogP) is 4.70. The van der Waals surface area contributed by atoms with Crippen LogP contribution in [0.1, 0.15) is 11.3 Å². The zero-order chi connectivity index (χ0) is 20.1. The quantitative estimate of drug-likeness (QED) is 0.673. The highest BCUT2D eigenvalue weighted by Crippen LogP contribution is 2.42. The molecule has 1 heterocycles. The molecule has 0 unspecified atom stereocenters. The van der Waals surface area contributed by atoms with Crippen molar-refractivity contribution < 1.29 is 39.5 Å². The Morgan fingerprint density at radius 2 is 1.54 bits per heavy atom. The van der Waals surface area contributed by atoms with Crippen molar-refractivity contribution >= 4 is 11.6 Å². The van der Waals surface area contributed by atoms with Gasteiger partial charge in [0.25, 0.3) is 5.56 Å². The highest BCUT2D eigenvalue weighted by molar-refractivity contribution is 6.32. The molecule has 13 heteroatoms. The minimum absolute atomic E-state index is 0.0219. The van der Waals surface area contributed by atoms with Crippen LogP contribution in [0.15, 0.2) is 29.3 Å². The first kappa shape index (κ1) is 20.1. The lowest BCUT2D eigenvalue weighted by Gasteiger charge is -2.19. The van der Waals surface area contributed by atoms with E-state index in [1.165, 1.54) is 0 Å². The first-order valence-corrected chi connectivity index (χ1v) is 6.64. The molecule has 0 saturated carbocycles. The third kappa shape index (κ3) is 3.50. The summed E-state index contributed by atoms with van der Waals surface area (Å²) in [5.41, 5.74) is -6.06. The molecule has 1 aromatic heterocycles. The van der Waals surface area contributed by atoms with E-state index in [2.05, 4.69) is 4.98 Å². The van der Waals surface area contributed by atoms with E-state index in [0.29, 0.717) is 0 Å². The van der Waals surface area contributed by atoms with E-state index in [-0.39, 0.29) is 29.1 Å². The monoisotopic (exact) mass is 410 g/mol. The Balaban J connectivity index is 2.61. The van der Waals surface area contributed by atoms with Gasteiger partial charge < -0.3 is 0 Å². The number of halogens is 10. The molecule has 142 valence electrons. The third-order valence-electron chi connectivity index (χ3n) is 3.07. The molecular weight excluding hydrogens is 407 g/mol. The van der Waals surface area contributed by atoms with Gasteiger partial charge in [-0.1, -0.05) is 11.6 Å². The number of nitrogens with zero attached hydrogens (tertiary/aromatic N) is 2. The highest BCUT2D eigenvalue weighted by atomic mass is 35.5. The van der Waals surface area contributed by atoms with E-state index in [4.69, 9.17) is 11.6 Å². The Labute approximate surface area is 142 Å². The molecule has 0 aliphatic rings. The molecule has 1 aromatic carbocycles. The maximum atomic E-state index is 13.9.